The first kappa shape index (κ1) is 8.91. The zero-order valence-electron chi connectivity index (χ0n) is 6.78. The second-order valence-corrected chi connectivity index (χ2v) is 3.48. The van der Waals surface area contributed by atoms with Gasteiger partial charge in [-0.1, -0.05) is 23.7 Å². The predicted molar refractivity (Wildman–Crippen MR) is 47.1 cm³/mol. The van der Waals surface area contributed by atoms with Crippen LogP contribution >= 0.6 is 11.6 Å². The third-order valence-corrected chi connectivity index (χ3v) is 2.52. The van der Waals surface area contributed by atoms with E-state index in [2.05, 4.69) is 5.32 Å². The quantitative estimate of drug-likeness (QED) is 0.683. The van der Waals surface area contributed by atoms with Gasteiger partial charge in [-0.05, 0) is 11.6 Å². The molecule has 0 aliphatic carbocycles. The SMILES string of the molecule is FC1(F)CNCc2c(Cl)cccc21. The number of hydrogen-bond donors (Lipinski definition) is 1. The number of fused-ring (bicyclic) bond motifs is 1. The Labute approximate surface area is 79.7 Å². The van der Waals surface area contributed by atoms with Crippen molar-refractivity contribution < 1.29 is 8.78 Å². The van der Waals surface area contributed by atoms with E-state index in [0.29, 0.717) is 17.1 Å². The maximum atomic E-state index is 13.3. The molecule has 0 radical (unpaired) electrons. The molecule has 1 N–H and O–H groups in total. The molecule has 0 bridgehead atoms. The van der Waals surface area contributed by atoms with E-state index >= 15 is 0 Å². The maximum Gasteiger partial charge on any atom is 0.285 e. The van der Waals surface area contributed by atoms with Crippen LogP contribution in [0.15, 0.2) is 18.2 Å². The Morgan fingerprint density at radius 1 is 1.38 bits per heavy atom. The molecule has 0 saturated heterocycles. The minimum atomic E-state index is -2.79. The number of alkyl halides is 2. The standard InChI is InChI=1S/C9H8ClF2N/c10-8-3-1-2-7-6(8)4-13-5-9(7,11)12/h1-3,13H,4-5H2. The fourth-order valence-corrected chi connectivity index (χ4v) is 1.76. The van der Waals surface area contributed by atoms with Crippen molar-refractivity contribution in [1.29, 1.82) is 0 Å². The molecule has 0 saturated carbocycles. The van der Waals surface area contributed by atoms with Crippen molar-refractivity contribution in [3.8, 4) is 0 Å². The summed E-state index contributed by atoms with van der Waals surface area (Å²) in [5.41, 5.74) is 0.569. The van der Waals surface area contributed by atoms with Gasteiger partial charge in [-0.2, -0.15) is 8.78 Å². The van der Waals surface area contributed by atoms with Gasteiger partial charge in [0.05, 0.1) is 6.54 Å². The van der Waals surface area contributed by atoms with Crippen molar-refractivity contribution in [1.82, 2.24) is 5.32 Å². The molecule has 1 nitrogen and oxygen atoms in total. The van der Waals surface area contributed by atoms with Gasteiger partial charge >= 0.3 is 0 Å². The molecule has 0 fully saturated rings. The maximum absolute atomic E-state index is 13.3. The molecule has 1 aromatic rings. The highest BCUT2D eigenvalue weighted by molar-refractivity contribution is 6.31. The fourth-order valence-electron chi connectivity index (χ4n) is 1.52. The number of nitrogens with one attached hydrogen (secondary N) is 1. The van der Waals surface area contributed by atoms with Gasteiger partial charge in [0, 0.05) is 17.1 Å². The summed E-state index contributed by atoms with van der Waals surface area (Å²) in [4.78, 5) is 0. The van der Waals surface area contributed by atoms with Gasteiger partial charge in [0.25, 0.3) is 5.92 Å². The molecule has 1 heterocycles. The molecule has 0 unspecified atom stereocenters. The second-order valence-electron chi connectivity index (χ2n) is 3.07. The first-order chi connectivity index (χ1) is 6.11. The molecule has 13 heavy (non-hydrogen) atoms. The highest BCUT2D eigenvalue weighted by Crippen LogP contribution is 2.35. The van der Waals surface area contributed by atoms with Crippen LogP contribution in [0.3, 0.4) is 0 Å². The second kappa shape index (κ2) is 2.93. The van der Waals surface area contributed by atoms with E-state index in [4.69, 9.17) is 11.6 Å². The van der Waals surface area contributed by atoms with Crippen LogP contribution in [-0.4, -0.2) is 6.54 Å². The summed E-state index contributed by atoms with van der Waals surface area (Å²) in [6, 6.07) is 4.62. The van der Waals surface area contributed by atoms with Crippen LogP contribution in [0.25, 0.3) is 0 Å². The first-order valence-corrected chi connectivity index (χ1v) is 4.35. The van der Waals surface area contributed by atoms with Gasteiger partial charge in [0.1, 0.15) is 0 Å². The lowest BCUT2D eigenvalue weighted by Crippen LogP contribution is -2.36. The number of halogens is 3. The molecule has 1 aliphatic rings. The van der Waals surface area contributed by atoms with E-state index in [-0.39, 0.29) is 12.1 Å². The molecule has 1 aliphatic heterocycles. The Kier molecular flexibility index (Phi) is 2.00. The summed E-state index contributed by atoms with van der Waals surface area (Å²) in [5.74, 6) is -2.79. The van der Waals surface area contributed by atoms with Gasteiger partial charge in [-0.15, -0.1) is 0 Å². The topological polar surface area (TPSA) is 12.0 Å². The van der Waals surface area contributed by atoms with Gasteiger partial charge in [-0.25, -0.2) is 0 Å². The van der Waals surface area contributed by atoms with Crippen LogP contribution in [0, 0.1) is 0 Å². The molecular formula is C9H8ClF2N. The number of benzene rings is 1. The van der Waals surface area contributed by atoms with Crippen molar-refractivity contribution in [3.63, 3.8) is 0 Å². The van der Waals surface area contributed by atoms with Gasteiger partial charge < -0.3 is 5.32 Å². The van der Waals surface area contributed by atoms with E-state index in [1.54, 1.807) is 12.1 Å². The van der Waals surface area contributed by atoms with E-state index in [9.17, 15) is 8.78 Å². The Morgan fingerprint density at radius 3 is 2.85 bits per heavy atom. The normalized spacial score (nSPS) is 19.6. The summed E-state index contributed by atoms with van der Waals surface area (Å²) in [6.45, 7) is 0.116. The highest BCUT2D eigenvalue weighted by Gasteiger charge is 2.37. The molecule has 4 heteroatoms. The van der Waals surface area contributed by atoms with Crippen LogP contribution in [0.1, 0.15) is 11.1 Å². The molecular weight excluding hydrogens is 196 g/mol. The van der Waals surface area contributed by atoms with Crippen molar-refractivity contribution >= 4 is 11.6 Å². The van der Waals surface area contributed by atoms with Crippen molar-refractivity contribution in [2.45, 2.75) is 12.5 Å². The van der Waals surface area contributed by atoms with Crippen LogP contribution in [0.5, 0.6) is 0 Å². The fraction of sp³-hybridized carbons (Fsp3) is 0.333. The average Bonchev–Trinajstić information content (AvgIpc) is 2.06. The van der Waals surface area contributed by atoms with E-state index in [1.807, 2.05) is 0 Å². The summed E-state index contributed by atoms with van der Waals surface area (Å²) in [7, 11) is 0. The van der Waals surface area contributed by atoms with Crippen molar-refractivity contribution in [2.75, 3.05) is 6.54 Å². The van der Waals surface area contributed by atoms with Crippen LogP contribution in [0.4, 0.5) is 8.78 Å². The van der Waals surface area contributed by atoms with Gasteiger partial charge in [-0.3, -0.25) is 0 Å². The zero-order valence-corrected chi connectivity index (χ0v) is 7.54. The largest absolute Gasteiger partial charge is 0.307 e. The summed E-state index contributed by atoms with van der Waals surface area (Å²) in [5, 5.41) is 3.04. The molecule has 0 amide bonds. The smallest absolute Gasteiger partial charge is 0.285 e. The lowest BCUT2D eigenvalue weighted by atomic mass is 9.98. The van der Waals surface area contributed by atoms with Crippen molar-refractivity contribution in [3.05, 3.63) is 34.3 Å². The highest BCUT2D eigenvalue weighted by atomic mass is 35.5. The van der Waals surface area contributed by atoms with Crippen LogP contribution < -0.4 is 5.32 Å². The molecule has 2 rings (SSSR count). The molecule has 0 atom stereocenters. The molecule has 1 aromatic carbocycles. The summed E-state index contributed by atoms with van der Waals surface area (Å²) < 4.78 is 26.5. The zero-order chi connectivity index (χ0) is 9.47. The Bertz CT molecular complexity index is 338. The Balaban J connectivity index is 2.58. The molecule has 70 valence electrons. The lowest BCUT2D eigenvalue weighted by Gasteiger charge is -2.26. The first-order valence-electron chi connectivity index (χ1n) is 3.98. The summed E-state index contributed by atoms with van der Waals surface area (Å²) >= 11 is 5.80. The third-order valence-electron chi connectivity index (χ3n) is 2.16. The van der Waals surface area contributed by atoms with Crippen LogP contribution in [0.2, 0.25) is 5.02 Å². The van der Waals surface area contributed by atoms with E-state index in [0.717, 1.165) is 0 Å². The lowest BCUT2D eigenvalue weighted by molar-refractivity contribution is -0.0107. The minimum Gasteiger partial charge on any atom is -0.307 e. The number of hydrogen-bond acceptors (Lipinski definition) is 1. The monoisotopic (exact) mass is 203 g/mol. The minimum absolute atomic E-state index is 0.0544. The molecule has 0 spiro atoms. The Morgan fingerprint density at radius 2 is 2.15 bits per heavy atom. The van der Waals surface area contributed by atoms with E-state index < -0.39 is 5.92 Å². The third kappa shape index (κ3) is 1.42. The predicted octanol–water partition coefficient (Wildman–Crippen LogP) is 2.54. The average molecular weight is 204 g/mol. The number of rotatable bonds is 0. The van der Waals surface area contributed by atoms with Crippen molar-refractivity contribution in [2.24, 2.45) is 0 Å². The van der Waals surface area contributed by atoms with Gasteiger partial charge in [0.2, 0.25) is 0 Å². The molecule has 0 aromatic heterocycles. The summed E-state index contributed by atoms with van der Waals surface area (Å²) in [6.07, 6.45) is 0. The Hall–Kier alpha value is -0.670. The van der Waals surface area contributed by atoms with E-state index in [1.165, 1.54) is 6.07 Å². The van der Waals surface area contributed by atoms with Crippen LogP contribution in [-0.2, 0) is 12.5 Å². The van der Waals surface area contributed by atoms with Gasteiger partial charge in [0.15, 0.2) is 0 Å².